The van der Waals surface area contributed by atoms with Crippen LogP contribution < -0.4 is 16.0 Å². The number of carbonyl (C=O) groups excluding carboxylic acids is 3. The second-order valence-electron chi connectivity index (χ2n) is 11.5. The van der Waals surface area contributed by atoms with E-state index in [2.05, 4.69) is 20.9 Å². The van der Waals surface area contributed by atoms with Crippen LogP contribution in [-0.2, 0) is 32.0 Å². The van der Waals surface area contributed by atoms with Crippen molar-refractivity contribution in [1.29, 1.82) is 0 Å². The van der Waals surface area contributed by atoms with E-state index >= 15 is 0 Å². The molecule has 16 heteroatoms. The molecule has 0 radical (unpaired) electrons. The molecule has 10 nitrogen and oxygen atoms in total. The third kappa shape index (κ3) is 11.6. The molecule has 1 heterocycles. The minimum absolute atomic E-state index is 0.131. The zero-order valence-corrected chi connectivity index (χ0v) is 28.1. The van der Waals surface area contributed by atoms with Crippen LogP contribution in [0.15, 0.2) is 42.5 Å². The van der Waals surface area contributed by atoms with Gasteiger partial charge in [0.2, 0.25) is 17.7 Å². The first-order valence-corrected chi connectivity index (χ1v) is 15.3. The molecule has 3 unspecified atom stereocenters. The van der Waals surface area contributed by atoms with Crippen LogP contribution in [0.5, 0.6) is 0 Å². The molecule has 2 aromatic carbocycles. The summed E-state index contributed by atoms with van der Waals surface area (Å²) in [5, 5.41) is 16.6. The Balaban J connectivity index is 0.000000984. The number of aliphatic carboxylic acids is 1. The third-order valence-corrected chi connectivity index (χ3v) is 8.48. The van der Waals surface area contributed by atoms with E-state index in [1.165, 1.54) is 12.1 Å². The fourth-order valence-electron chi connectivity index (χ4n) is 4.75. The molecule has 3 amide bonds. The molecule has 0 aliphatic carbocycles. The molecule has 1 aliphatic heterocycles. The summed E-state index contributed by atoms with van der Waals surface area (Å²) in [6, 6.07) is 9.69. The highest BCUT2D eigenvalue weighted by molar-refractivity contribution is 6.42. The predicted octanol–water partition coefficient (Wildman–Crippen LogP) is 3.68. The minimum Gasteiger partial charge on any atom is -0.475 e. The van der Waals surface area contributed by atoms with Crippen LogP contribution in [0.3, 0.4) is 0 Å². The van der Waals surface area contributed by atoms with Gasteiger partial charge in [0, 0.05) is 39.1 Å². The third-order valence-electron chi connectivity index (χ3n) is 7.74. The van der Waals surface area contributed by atoms with Crippen LogP contribution in [0.2, 0.25) is 10.0 Å². The van der Waals surface area contributed by atoms with Gasteiger partial charge in [-0.3, -0.25) is 19.3 Å². The summed E-state index contributed by atoms with van der Waals surface area (Å²) >= 11 is 12.3. The van der Waals surface area contributed by atoms with E-state index < -0.39 is 29.8 Å². The van der Waals surface area contributed by atoms with Gasteiger partial charge < -0.3 is 26.0 Å². The topological polar surface area (TPSA) is 131 Å². The van der Waals surface area contributed by atoms with E-state index in [0.29, 0.717) is 36.1 Å². The molecule has 3 atom stereocenters. The molecular formula is C31H39Cl2F4N5O5. The van der Waals surface area contributed by atoms with Crippen molar-refractivity contribution in [3.05, 3.63) is 69.5 Å². The molecule has 1 aliphatic rings. The van der Waals surface area contributed by atoms with E-state index in [0.717, 1.165) is 11.1 Å². The van der Waals surface area contributed by atoms with Gasteiger partial charge in [0.05, 0.1) is 21.6 Å². The number of nitrogens with zero attached hydrogens (tertiary/aromatic N) is 2. The average molecular weight is 709 g/mol. The van der Waals surface area contributed by atoms with Gasteiger partial charge in [-0.25, -0.2) is 9.18 Å². The molecular weight excluding hydrogens is 669 g/mol. The Morgan fingerprint density at radius 2 is 1.53 bits per heavy atom. The van der Waals surface area contributed by atoms with Gasteiger partial charge in [-0.1, -0.05) is 41.4 Å². The van der Waals surface area contributed by atoms with Crippen molar-refractivity contribution in [2.24, 2.45) is 0 Å². The number of carboxylic acid groups (broad SMARTS) is 1. The Labute approximate surface area is 280 Å². The summed E-state index contributed by atoms with van der Waals surface area (Å²) in [4.78, 5) is 52.5. The van der Waals surface area contributed by atoms with Gasteiger partial charge in [0.25, 0.3) is 0 Å². The Morgan fingerprint density at radius 3 is 2.02 bits per heavy atom. The van der Waals surface area contributed by atoms with Crippen LogP contribution in [0.1, 0.15) is 31.9 Å². The fourth-order valence-corrected chi connectivity index (χ4v) is 5.07. The molecule has 0 bridgehead atoms. The number of likely N-dealkylation sites (N-methyl/N-ethyl adjacent to an activating group) is 2. The number of rotatable bonds is 10. The number of alkyl halides is 3. The van der Waals surface area contributed by atoms with Crippen LogP contribution in [0.4, 0.5) is 17.6 Å². The number of piperazine rings is 1. The maximum absolute atomic E-state index is 13.8. The quantitative estimate of drug-likeness (QED) is 0.277. The Kier molecular flexibility index (Phi) is 14.4. The molecule has 2 aromatic rings. The normalized spacial score (nSPS) is 16.7. The van der Waals surface area contributed by atoms with Gasteiger partial charge in [-0.15, -0.1) is 0 Å². The number of hydrogen-bond donors (Lipinski definition) is 4. The Bertz CT molecular complexity index is 1410. The van der Waals surface area contributed by atoms with Crippen LogP contribution in [0.25, 0.3) is 0 Å². The van der Waals surface area contributed by atoms with Crippen LogP contribution >= 0.6 is 23.2 Å². The van der Waals surface area contributed by atoms with E-state index in [-0.39, 0.29) is 36.0 Å². The summed E-state index contributed by atoms with van der Waals surface area (Å²) in [5.74, 6) is -3.80. The zero-order valence-electron chi connectivity index (χ0n) is 26.6. The largest absolute Gasteiger partial charge is 0.490 e. The molecule has 3 rings (SSSR count). The lowest BCUT2D eigenvalue weighted by Crippen LogP contribution is -2.63. The zero-order chi connectivity index (χ0) is 35.7. The number of amides is 3. The molecule has 1 fully saturated rings. The predicted molar refractivity (Wildman–Crippen MR) is 170 cm³/mol. The first kappa shape index (κ1) is 39.7. The van der Waals surface area contributed by atoms with Crippen molar-refractivity contribution < 1.29 is 41.8 Å². The van der Waals surface area contributed by atoms with E-state index in [4.69, 9.17) is 33.1 Å². The number of hydrogen-bond acceptors (Lipinski definition) is 6. The van der Waals surface area contributed by atoms with Crippen molar-refractivity contribution in [3.8, 4) is 0 Å². The second kappa shape index (κ2) is 17.1. The fraction of sp³-hybridized carbons (Fsp3) is 0.484. The lowest BCUT2D eigenvalue weighted by Gasteiger charge is -2.44. The highest BCUT2D eigenvalue weighted by atomic mass is 35.5. The molecule has 4 N–H and O–H groups in total. The standard InChI is InChI=1S/C29H38Cl2FN5O3.C2HF3O2/c1-18-17-36(25(26(38)33-4)16-20-8-11-22(30)23(31)14-20)12-13-37(18)27(39)24(35-28(40)29(2,3)34-5)15-19-6-9-21(32)10-7-19;3-2(4,5)1(6)7/h6-11,14,18,24-25,34H,12-13,15-17H2,1-5H3,(H,33,38)(H,35,40);(H,6,7). The lowest BCUT2D eigenvalue weighted by molar-refractivity contribution is -0.192. The van der Waals surface area contributed by atoms with Gasteiger partial charge in [-0.2, -0.15) is 13.2 Å². The van der Waals surface area contributed by atoms with Crippen LogP contribution in [-0.4, -0.2) is 102 Å². The molecule has 0 aromatic heterocycles. The van der Waals surface area contributed by atoms with Crippen molar-refractivity contribution in [2.75, 3.05) is 33.7 Å². The molecule has 47 heavy (non-hydrogen) atoms. The summed E-state index contributed by atoms with van der Waals surface area (Å²) in [5.41, 5.74) is 0.718. The summed E-state index contributed by atoms with van der Waals surface area (Å²) in [6.45, 7) is 6.70. The van der Waals surface area contributed by atoms with Crippen molar-refractivity contribution in [3.63, 3.8) is 0 Å². The smallest absolute Gasteiger partial charge is 0.475 e. The van der Waals surface area contributed by atoms with Gasteiger partial charge in [0.15, 0.2) is 0 Å². The van der Waals surface area contributed by atoms with Crippen LogP contribution in [0, 0.1) is 5.82 Å². The second-order valence-corrected chi connectivity index (χ2v) is 12.3. The number of benzene rings is 2. The van der Waals surface area contributed by atoms with Crippen molar-refractivity contribution in [1.82, 2.24) is 25.8 Å². The SMILES string of the molecule is CNC(=O)C(Cc1ccc(Cl)c(Cl)c1)N1CCN(C(=O)C(Cc2ccc(F)cc2)NC(=O)C(C)(C)NC)C(C)C1.O=C(O)C(F)(F)F. The first-order chi connectivity index (χ1) is 21.8. The highest BCUT2D eigenvalue weighted by Crippen LogP contribution is 2.25. The highest BCUT2D eigenvalue weighted by Gasteiger charge is 2.39. The Hall–Kier alpha value is -3.46. The number of halogens is 6. The van der Waals surface area contributed by atoms with Gasteiger partial charge in [-0.05, 0) is 69.6 Å². The van der Waals surface area contributed by atoms with E-state index in [1.807, 2.05) is 13.0 Å². The number of carboxylic acids is 1. The van der Waals surface area contributed by atoms with Crippen molar-refractivity contribution >= 4 is 46.9 Å². The van der Waals surface area contributed by atoms with Gasteiger partial charge >= 0.3 is 12.1 Å². The maximum atomic E-state index is 13.8. The first-order valence-electron chi connectivity index (χ1n) is 14.5. The molecule has 260 valence electrons. The van der Waals surface area contributed by atoms with E-state index in [9.17, 15) is 31.9 Å². The Morgan fingerprint density at radius 1 is 0.957 bits per heavy atom. The minimum atomic E-state index is -5.08. The summed E-state index contributed by atoms with van der Waals surface area (Å²) in [7, 11) is 3.28. The summed E-state index contributed by atoms with van der Waals surface area (Å²) < 4.78 is 45.2. The maximum Gasteiger partial charge on any atom is 0.490 e. The average Bonchev–Trinajstić information content (AvgIpc) is 3.01. The molecule has 0 saturated carbocycles. The number of carbonyl (C=O) groups is 4. The van der Waals surface area contributed by atoms with Gasteiger partial charge in [0.1, 0.15) is 11.9 Å². The van der Waals surface area contributed by atoms with Crippen molar-refractivity contribution in [2.45, 2.75) is 63.5 Å². The van der Waals surface area contributed by atoms with E-state index in [1.54, 1.807) is 57.1 Å². The lowest BCUT2D eigenvalue weighted by atomic mass is 9.99. The monoisotopic (exact) mass is 707 g/mol. The molecule has 1 saturated heterocycles. The number of nitrogens with one attached hydrogen (secondary N) is 3. The molecule has 0 spiro atoms. The summed E-state index contributed by atoms with van der Waals surface area (Å²) in [6.07, 6.45) is -4.44.